The highest BCUT2D eigenvalue weighted by molar-refractivity contribution is 7.26. The van der Waals surface area contributed by atoms with Crippen molar-refractivity contribution in [1.82, 2.24) is 19.5 Å². The molecule has 66 heavy (non-hydrogen) atoms. The average Bonchev–Trinajstić information content (AvgIpc) is 3.94. The van der Waals surface area contributed by atoms with Crippen LogP contribution in [0.1, 0.15) is 0 Å². The van der Waals surface area contributed by atoms with Gasteiger partial charge in [-0.15, -0.1) is 11.3 Å². The lowest BCUT2D eigenvalue weighted by Gasteiger charge is -2.17. The summed E-state index contributed by atoms with van der Waals surface area (Å²) in [7, 11) is 0. The molecule has 0 radical (unpaired) electrons. The van der Waals surface area contributed by atoms with E-state index in [2.05, 4.69) is 211 Å². The van der Waals surface area contributed by atoms with Crippen molar-refractivity contribution in [2.75, 3.05) is 0 Å². The largest absolute Gasteiger partial charge is 0.309 e. The third-order valence-corrected chi connectivity index (χ3v) is 14.1. The highest BCUT2D eigenvalue weighted by atomic mass is 32.1. The molecule has 3 heterocycles. The zero-order valence-electron chi connectivity index (χ0n) is 35.6. The SMILES string of the molecule is c1ccc(-c2ccc(-c3ccc(-c4nc(-c5ccccc5)nc(-c5ccc(-n6c7ccccc7c7cc8ccccc8cc76)c(-c6cccc7c6sc6ccccc67)c5)n4)cc3)cc2)cc1. The Labute approximate surface area is 385 Å². The maximum absolute atomic E-state index is 5.28. The van der Waals surface area contributed by atoms with Crippen LogP contribution in [-0.2, 0) is 0 Å². The molecule has 308 valence electrons. The van der Waals surface area contributed by atoms with Crippen molar-refractivity contribution in [3.8, 4) is 73.2 Å². The monoisotopic (exact) mass is 858 g/mol. The molecule has 0 atom stereocenters. The summed E-state index contributed by atoms with van der Waals surface area (Å²) in [5.74, 6) is 1.86. The molecular formula is C61H38N4S. The number of nitrogens with zero attached hydrogens (tertiary/aromatic N) is 4. The Kier molecular flexibility index (Phi) is 9.00. The summed E-state index contributed by atoms with van der Waals surface area (Å²) >= 11 is 1.85. The van der Waals surface area contributed by atoms with Crippen molar-refractivity contribution < 1.29 is 0 Å². The number of fused-ring (bicyclic) bond motifs is 7. The molecule has 0 saturated heterocycles. The molecule has 0 N–H and O–H groups in total. The Bertz CT molecular complexity index is 3960. The number of rotatable bonds is 7. The molecular weight excluding hydrogens is 821 g/mol. The van der Waals surface area contributed by atoms with Gasteiger partial charge in [-0.2, -0.15) is 0 Å². The van der Waals surface area contributed by atoms with E-state index in [1.54, 1.807) is 0 Å². The van der Waals surface area contributed by atoms with E-state index in [9.17, 15) is 0 Å². The molecule has 13 aromatic rings. The predicted octanol–water partition coefficient (Wildman–Crippen LogP) is 16.5. The standard InChI is InChI=1S/C61H38N4S/c1-3-14-39(15-4-1)40-26-28-41(29-27-40)42-30-32-44(33-31-42)60-62-59(43-16-5-2-6-17-43)63-61(64-60)47-34-35-55(53(37-47)51-23-13-22-50-49-21-10-12-25-57(49)66-58(50)51)65-54-24-11-9-20-48(54)52-36-45-18-7-8-19-46(45)38-56(52)65/h1-38H. The Balaban J connectivity index is 1.00. The fourth-order valence-corrected chi connectivity index (χ4v) is 10.8. The van der Waals surface area contributed by atoms with Gasteiger partial charge in [-0.05, 0) is 75.5 Å². The lowest BCUT2D eigenvalue weighted by molar-refractivity contribution is 1.07. The molecule has 5 heteroatoms. The summed E-state index contributed by atoms with van der Waals surface area (Å²) in [6.45, 7) is 0. The lowest BCUT2D eigenvalue weighted by Crippen LogP contribution is -2.02. The zero-order valence-corrected chi connectivity index (χ0v) is 36.5. The van der Waals surface area contributed by atoms with Gasteiger partial charge in [0.15, 0.2) is 17.5 Å². The Hall–Kier alpha value is -8.51. The van der Waals surface area contributed by atoms with Gasteiger partial charge in [0.2, 0.25) is 0 Å². The number of para-hydroxylation sites is 1. The van der Waals surface area contributed by atoms with Gasteiger partial charge in [0.25, 0.3) is 0 Å². The molecule has 0 aliphatic heterocycles. The first kappa shape index (κ1) is 38.0. The minimum atomic E-state index is 0.615. The van der Waals surface area contributed by atoms with Crippen LogP contribution in [0.25, 0.3) is 126 Å². The number of aromatic nitrogens is 4. The Morgan fingerprint density at radius 2 is 0.803 bits per heavy atom. The van der Waals surface area contributed by atoms with Crippen LogP contribution in [0, 0.1) is 0 Å². The van der Waals surface area contributed by atoms with Crippen LogP contribution in [0.4, 0.5) is 0 Å². The number of hydrogen-bond acceptors (Lipinski definition) is 4. The molecule has 0 aliphatic rings. The average molecular weight is 859 g/mol. The molecule has 0 amide bonds. The summed E-state index contributed by atoms with van der Waals surface area (Å²) in [5, 5.41) is 7.40. The molecule has 4 nitrogen and oxygen atoms in total. The molecule has 0 fully saturated rings. The van der Waals surface area contributed by atoms with Crippen molar-refractivity contribution in [3.63, 3.8) is 0 Å². The van der Waals surface area contributed by atoms with E-state index in [1.807, 2.05) is 35.6 Å². The van der Waals surface area contributed by atoms with Gasteiger partial charge in [-0.1, -0.05) is 188 Å². The predicted molar refractivity (Wildman–Crippen MR) is 277 cm³/mol. The number of hydrogen-bond donors (Lipinski definition) is 0. The van der Waals surface area contributed by atoms with E-state index in [0.717, 1.165) is 50.1 Å². The summed E-state index contributed by atoms with van der Waals surface area (Å²) in [6.07, 6.45) is 0. The fraction of sp³-hybridized carbons (Fsp3) is 0. The van der Waals surface area contributed by atoms with Crippen molar-refractivity contribution >= 4 is 64.1 Å². The van der Waals surface area contributed by atoms with Gasteiger partial charge < -0.3 is 4.57 Å². The first-order chi connectivity index (χ1) is 32.7. The normalized spacial score (nSPS) is 11.6. The number of benzene rings is 10. The van der Waals surface area contributed by atoms with Crippen LogP contribution in [-0.4, -0.2) is 19.5 Å². The van der Waals surface area contributed by atoms with Crippen molar-refractivity contribution in [2.45, 2.75) is 0 Å². The van der Waals surface area contributed by atoms with Crippen molar-refractivity contribution in [3.05, 3.63) is 231 Å². The van der Waals surface area contributed by atoms with E-state index in [0.29, 0.717) is 17.5 Å². The summed E-state index contributed by atoms with van der Waals surface area (Å²) < 4.78 is 4.97. The Morgan fingerprint density at radius 1 is 0.303 bits per heavy atom. The van der Waals surface area contributed by atoms with Gasteiger partial charge in [-0.3, -0.25) is 0 Å². The third kappa shape index (κ3) is 6.48. The van der Waals surface area contributed by atoms with Crippen LogP contribution in [0.3, 0.4) is 0 Å². The molecule has 3 aromatic heterocycles. The smallest absolute Gasteiger partial charge is 0.164 e. The molecule has 10 aromatic carbocycles. The topological polar surface area (TPSA) is 43.6 Å². The van der Waals surface area contributed by atoms with Gasteiger partial charge in [0, 0.05) is 58.8 Å². The third-order valence-electron chi connectivity index (χ3n) is 12.9. The van der Waals surface area contributed by atoms with E-state index in [1.165, 1.54) is 58.4 Å². The van der Waals surface area contributed by atoms with E-state index in [-0.39, 0.29) is 0 Å². The van der Waals surface area contributed by atoms with Crippen LogP contribution in [0.2, 0.25) is 0 Å². The van der Waals surface area contributed by atoms with Crippen LogP contribution >= 0.6 is 11.3 Å². The zero-order chi connectivity index (χ0) is 43.6. The number of thiophene rings is 1. The molecule has 0 bridgehead atoms. The lowest BCUT2D eigenvalue weighted by atomic mass is 9.98. The highest BCUT2D eigenvalue weighted by Crippen LogP contribution is 2.45. The highest BCUT2D eigenvalue weighted by Gasteiger charge is 2.21. The fourth-order valence-electron chi connectivity index (χ4n) is 9.61. The maximum Gasteiger partial charge on any atom is 0.164 e. The van der Waals surface area contributed by atoms with Crippen molar-refractivity contribution in [2.24, 2.45) is 0 Å². The second-order valence-electron chi connectivity index (χ2n) is 16.8. The molecule has 13 rings (SSSR count). The van der Waals surface area contributed by atoms with E-state index >= 15 is 0 Å². The molecule has 0 aliphatic carbocycles. The second kappa shape index (κ2) is 15.6. The minimum absolute atomic E-state index is 0.615. The minimum Gasteiger partial charge on any atom is -0.309 e. The molecule has 0 spiro atoms. The molecule has 0 saturated carbocycles. The van der Waals surface area contributed by atoms with Gasteiger partial charge in [0.05, 0.1) is 16.7 Å². The second-order valence-corrected chi connectivity index (χ2v) is 17.8. The van der Waals surface area contributed by atoms with Crippen LogP contribution in [0.5, 0.6) is 0 Å². The van der Waals surface area contributed by atoms with Crippen molar-refractivity contribution in [1.29, 1.82) is 0 Å². The first-order valence-electron chi connectivity index (χ1n) is 22.3. The van der Waals surface area contributed by atoms with Gasteiger partial charge >= 0.3 is 0 Å². The van der Waals surface area contributed by atoms with Gasteiger partial charge in [-0.25, -0.2) is 15.0 Å². The summed E-state index contributed by atoms with van der Waals surface area (Å²) in [4.78, 5) is 15.6. The molecule has 0 unspecified atom stereocenters. The maximum atomic E-state index is 5.28. The van der Waals surface area contributed by atoms with E-state index < -0.39 is 0 Å². The quantitative estimate of drug-likeness (QED) is 0.160. The van der Waals surface area contributed by atoms with Gasteiger partial charge in [0.1, 0.15) is 0 Å². The first-order valence-corrected chi connectivity index (χ1v) is 23.1. The summed E-state index contributed by atoms with van der Waals surface area (Å²) in [5.41, 5.74) is 13.1. The van der Waals surface area contributed by atoms with Crippen LogP contribution in [0.15, 0.2) is 231 Å². The van der Waals surface area contributed by atoms with E-state index in [4.69, 9.17) is 15.0 Å². The Morgan fingerprint density at radius 3 is 1.50 bits per heavy atom. The summed E-state index contributed by atoms with van der Waals surface area (Å²) in [6, 6.07) is 82.3. The van der Waals surface area contributed by atoms with Crippen LogP contribution < -0.4 is 0 Å².